The van der Waals surface area contributed by atoms with Crippen LogP contribution in [0.5, 0.6) is 0 Å². The molecule has 10 nitrogen and oxygen atoms in total. The third-order valence-electron chi connectivity index (χ3n) is 3.54. The van der Waals surface area contributed by atoms with Crippen molar-refractivity contribution < 1.29 is 35.5 Å². The minimum atomic E-state index is -4.81. The molecule has 0 atom stereocenters. The molecule has 0 fully saturated rings. The smallest absolute Gasteiger partial charge is 0.194 e. The molecule has 0 heterocycles. The maximum atomic E-state index is 12.4. The Hall–Kier alpha value is -2.48. The van der Waals surface area contributed by atoms with Crippen molar-refractivity contribution in [2.45, 2.75) is 9.79 Å². The van der Waals surface area contributed by atoms with Gasteiger partial charge in [0.2, 0.25) is 0 Å². The molecular weight excluding hydrogens is 388 g/mol. The summed E-state index contributed by atoms with van der Waals surface area (Å²) in [6.07, 6.45) is 0. The van der Waals surface area contributed by atoms with Gasteiger partial charge in [0.15, 0.2) is 11.6 Å². The molecule has 0 unspecified atom stereocenters. The van der Waals surface area contributed by atoms with Crippen LogP contribution in [0.25, 0.3) is 0 Å². The summed E-state index contributed by atoms with van der Waals surface area (Å²) in [5, 5.41) is 0. The molecule has 26 heavy (non-hydrogen) atoms. The van der Waals surface area contributed by atoms with Crippen molar-refractivity contribution in [3.05, 3.63) is 58.7 Å². The van der Waals surface area contributed by atoms with E-state index in [2.05, 4.69) is 0 Å². The van der Waals surface area contributed by atoms with Gasteiger partial charge in [-0.2, -0.15) is 0 Å². The summed E-state index contributed by atoms with van der Waals surface area (Å²) >= 11 is 0. The zero-order valence-corrected chi connectivity index (χ0v) is 15.2. The van der Waals surface area contributed by atoms with Crippen molar-refractivity contribution >= 4 is 31.8 Å². The number of benzene rings is 2. The first-order valence-electron chi connectivity index (χ1n) is 6.29. The van der Waals surface area contributed by atoms with Crippen LogP contribution in [0.15, 0.2) is 46.2 Å². The third-order valence-corrected chi connectivity index (χ3v) is 5.20. The van der Waals surface area contributed by atoms with E-state index >= 15 is 0 Å². The predicted octanol–water partition coefficient (Wildman–Crippen LogP) is 1.02. The highest BCUT2D eigenvalue weighted by Crippen LogP contribution is 2.30. The Kier molecular flexibility index (Phi) is 5.54. The average molecular weight is 402 g/mol. The SMILES string of the molecule is O=C1c2ccc(S(=O)(=O)[O-])cc2C(=O)c2ccc(S(=O)(=O)[O-])cc21.[NH4+].[NH4+]. The van der Waals surface area contributed by atoms with E-state index < -0.39 is 41.6 Å². The van der Waals surface area contributed by atoms with E-state index in [-0.39, 0.29) is 34.6 Å². The molecule has 0 spiro atoms. The van der Waals surface area contributed by atoms with Crippen molar-refractivity contribution in [3.8, 4) is 0 Å². The van der Waals surface area contributed by atoms with Gasteiger partial charge in [-0.3, -0.25) is 9.59 Å². The monoisotopic (exact) mass is 402 g/mol. The summed E-state index contributed by atoms with van der Waals surface area (Å²) in [5.41, 5.74) is -0.912. The number of hydrogen-bond donors (Lipinski definition) is 2. The Morgan fingerprint density at radius 3 is 1.15 bits per heavy atom. The zero-order valence-electron chi connectivity index (χ0n) is 13.5. The quantitative estimate of drug-likeness (QED) is 0.587. The molecular formula is C14H14N2O8S2. The molecule has 0 bridgehead atoms. The van der Waals surface area contributed by atoms with Crippen LogP contribution in [0.4, 0.5) is 0 Å². The Morgan fingerprint density at radius 2 is 0.885 bits per heavy atom. The Balaban J connectivity index is 0.00000169. The molecule has 2 aromatic rings. The molecule has 3 rings (SSSR count). The van der Waals surface area contributed by atoms with Crippen molar-refractivity contribution in [1.82, 2.24) is 12.3 Å². The van der Waals surface area contributed by atoms with Gasteiger partial charge in [-0.15, -0.1) is 0 Å². The minimum Gasteiger partial charge on any atom is -0.744 e. The van der Waals surface area contributed by atoms with E-state index in [9.17, 15) is 35.5 Å². The lowest BCUT2D eigenvalue weighted by Gasteiger charge is -2.20. The Morgan fingerprint density at radius 1 is 0.577 bits per heavy atom. The van der Waals surface area contributed by atoms with E-state index in [1.54, 1.807) is 0 Å². The summed E-state index contributed by atoms with van der Waals surface area (Å²) in [6.45, 7) is 0. The lowest BCUT2D eigenvalue weighted by Crippen LogP contribution is -2.22. The second-order valence-electron chi connectivity index (χ2n) is 4.98. The summed E-state index contributed by atoms with van der Waals surface area (Å²) in [7, 11) is -9.63. The fourth-order valence-electron chi connectivity index (χ4n) is 2.42. The van der Waals surface area contributed by atoms with Crippen molar-refractivity contribution in [1.29, 1.82) is 0 Å². The van der Waals surface area contributed by atoms with Gasteiger partial charge in [-0.1, -0.05) is 0 Å². The average Bonchev–Trinajstić information content (AvgIpc) is 2.49. The molecule has 2 aromatic carbocycles. The predicted molar refractivity (Wildman–Crippen MR) is 87.6 cm³/mol. The highest BCUT2D eigenvalue weighted by Gasteiger charge is 2.30. The maximum Gasteiger partial charge on any atom is 0.194 e. The van der Waals surface area contributed by atoms with Gasteiger partial charge in [0.05, 0.1) is 9.79 Å². The number of ketones is 2. The molecule has 0 radical (unpaired) electrons. The molecule has 0 saturated heterocycles. The van der Waals surface area contributed by atoms with Crippen LogP contribution in [0.2, 0.25) is 0 Å². The lowest BCUT2D eigenvalue weighted by molar-refractivity contribution is 0.0978. The summed E-state index contributed by atoms with van der Waals surface area (Å²) in [5.74, 6) is -1.50. The van der Waals surface area contributed by atoms with Crippen LogP contribution in [-0.2, 0) is 20.2 Å². The van der Waals surface area contributed by atoms with Crippen LogP contribution in [0, 0.1) is 0 Å². The first-order chi connectivity index (χ1) is 11.0. The lowest BCUT2D eigenvalue weighted by atomic mass is 9.84. The molecule has 0 amide bonds. The van der Waals surface area contributed by atoms with Crippen molar-refractivity contribution in [2.24, 2.45) is 0 Å². The highest BCUT2D eigenvalue weighted by atomic mass is 32.2. The second-order valence-corrected chi connectivity index (χ2v) is 7.74. The van der Waals surface area contributed by atoms with E-state index in [1.807, 2.05) is 0 Å². The van der Waals surface area contributed by atoms with Gasteiger partial charge in [-0.05, 0) is 36.4 Å². The number of carbonyl (C=O) groups is 2. The van der Waals surface area contributed by atoms with Crippen LogP contribution in [-0.4, -0.2) is 37.5 Å². The molecule has 8 N–H and O–H groups in total. The molecule has 0 aromatic heterocycles. The Bertz CT molecular complexity index is 1050. The summed E-state index contributed by atoms with van der Waals surface area (Å²) < 4.78 is 66.3. The van der Waals surface area contributed by atoms with Gasteiger partial charge in [0.25, 0.3) is 0 Å². The maximum absolute atomic E-state index is 12.4. The first-order valence-corrected chi connectivity index (χ1v) is 9.11. The highest BCUT2D eigenvalue weighted by molar-refractivity contribution is 7.86. The van der Waals surface area contributed by atoms with Gasteiger partial charge < -0.3 is 21.4 Å². The number of fused-ring (bicyclic) bond motifs is 2. The molecule has 140 valence electrons. The summed E-state index contributed by atoms with van der Waals surface area (Å²) in [4.78, 5) is 23.5. The number of hydrogen-bond acceptors (Lipinski definition) is 8. The molecule has 0 aliphatic heterocycles. The second kappa shape index (κ2) is 6.68. The van der Waals surface area contributed by atoms with Gasteiger partial charge >= 0.3 is 0 Å². The van der Waals surface area contributed by atoms with Crippen molar-refractivity contribution in [2.75, 3.05) is 0 Å². The largest absolute Gasteiger partial charge is 0.744 e. The summed E-state index contributed by atoms with van der Waals surface area (Å²) in [6, 6.07) is 5.37. The third kappa shape index (κ3) is 3.41. The number of rotatable bonds is 2. The van der Waals surface area contributed by atoms with Crippen molar-refractivity contribution in [3.63, 3.8) is 0 Å². The Labute approximate surface area is 148 Å². The fraction of sp³-hybridized carbons (Fsp3) is 0. The molecule has 1 aliphatic rings. The van der Waals surface area contributed by atoms with Crippen LogP contribution in [0.1, 0.15) is 31.8 Å². The van der Waals surface area contributed by atoms with Gasteiger partial charge in [0, 0.05) is 22.3 Å². The topological polar surface area (TPSA) is 222 Å². The van der Waals surface area contributed by atoms with E-state index in [0.29, 0.717) is 0 Å². The van der Waals surface area contributed by atoms with E-state index in [1.165, 1.54) is 0 Å². The molecule has 0 saturated carbocycles. The fourth-order valence-corrected chi connectivity index (χ4v) is 3.41. The van der Waals surface area contributed by atoms with Crippen LogP contribution in [0.3, 0.4) is 0 Å². The number of carbonyl (C=O) groups excluding carboxylic acids is 2. The van der Waals surface area contributed by atoms with Gasteiger partial charge in [-0.25, -0.2) is 16.8 Å². The van der Waals surface area contributed by atoms with Crippen LogP contribution >= 0.6 is 0 Å². The standard InChI is InChI=1S/C14H8O8S2.2H3N/c15-13-9-3-1-7(23(17,18)19)5-11(9)14(16)10-4-2-8(6-12(10)13)24(20,21)22;;/h1-6H,(H,17,18,19)(H,20,21,22);2*1H3. The molecule has 12 heteroatoms. The van der Waals surface area contributed by atoms with E-state index in [0.717, 1.165) is 36.4 Å². The first kappa shape index (κ1) is 21.6. The number of quaternary nitrogens is 2. The van der Waals surface area contributed by atoms with E-state index in [4.69, 9.17) is 0 Å². The van der Waals surface area contributed by atoms with Crippen LogP contribution < -0.4 is 12.3 Å². The minimum absolute atomic E-state index is 0. The van der Waals surface area contributed by atoms with Gasteiger partial charge in [0.1, 0.15) is 20.2 Å². The molecule has 1 aliphatic carbocycles. The zero-order chi connectivity index (χ0) is 17.9. The normalized spacial score (nSPS) is 13.2.